The van der Waals surface area contributed by atoms with Gasteiger partial charge < -0.3 is 40.2 Å². The number of hydrogen-bond acceptors (Lipinski definition) is 8. The summed E-state index contributed by atoms with van der Waals surface area (Å²) in [5.41, 5.74) is 0.903. The Morgan fingerprint density at radius 1 is 0.525 bits per heavy atom. The molecule has 61 heavy (non-hydrogen) atoms. The fourth-order valence-electron chi connectivity index (χ4n) is 19.0. The molecule has 0 amide bonds. The first-order chi connectivity index (χ1) is 28.3. The Bertz CT molecular complexity index is 1420. The zero-order chi connectivity index (χ0) is 43.7. The van der Waals surface area contributed by atoms with Crippen molar-refractivity contribution in [3.8, 4) is 0 Å². The minimum atomic E-state index is -0.933. The molecule has 344 valence electrons. The van der Waals surface area contributed by atoms with Crippen LogP contribution in [0.3, 0.4) is 0 Å². The zero-order valence-corrected chi connectivity index (χ0v) is 41.1. The average molecular weight is 864 g/mol. The normalized spacial score (nSPS) is 50.7. The third-order valence-electron chi connectivity index (χ3n) is 21.9. The summed E-state index contributed by atoms with van der Waals surface area (Å²) >= 11 is 0. The molecule has 0 aromatic rings. The molecular formula is C52H86MgO8. The molecule has 0 aromatic carbocycles. The standard InChI is InChI=1S/2C26H44O4.Mg/c2*1-5-17-21-14-16(27)10-12-26(21,4)20-11-13-25(3)18(15(2)6-9-22(28)29)7-8-19(25)23(20)24(17)30;/h2*15-21,23-24,27,30H,5-14H2,1-4H3,(H,28,29);/q;;+2/p-2/t2*15-,16-,17-,18-,19+,20+,21+,23+,24-,25-,26-;/m11./s1. The van der Waals surface area contributed by atoms with E-state index < -0.39 is 11.9 Å². The van der Waals surface area contributed by atoms with Gasteiger partial charge in [0.2, 0.25) is 0 Å². The van der Waals surface area contributed by atoms with Gasteiger partial charge in [-0.1, -0.05) is 68.2 Å². The van der Waals surface area contributed by atoms with Crippen LogP contribution in [0, 0.1) is 105 Å². The van der Waals surface area contributed by atoms with Crippen LogP contribution in [0.25, 0.3) is 0 Å². The van der Waals surface area contributed by atoms with Gasteiger partial charge in [0.25, 0.3) is 0 Å². The summed E-state index contributed by atoms with van der Waals surface area (Å²) in [6.07, 6.45) is 18.0. The number of aliphatic carboxylic acids is 2. The van der Waals surface area contributed by atoms with Crippen LogP contribution >= 0.6 is 0 Å². The van der Waals surface area contributed by atoms with Gasteiger partial charge in [-0.3, -0.25) is 0 Å². The SMILES string of the molecule is CC[C@H]1[C@@H](O)[C@@H]2[C@H](CC[C@]3(C)[C@@H]([C@H](C)CCC(=O)[O-])CC[C@@H]23)[C@@]2(C)CC[C@@H](O)C[C@@H]12.CC[C@H]1[C@@H](O)[C@@H]2[C@H](CC[C@]3(C)[C@@H]([C@H](C)CCC(=O)[O-])CC[C@@H]23)[C@@]2(C)CC[C@@H](O)C[C@@H]12.[Mg+2]. The average Bonchev–Trinajstić information content (AvgIpc) is 3.74. The molecule has 0 bridgehead atoms. The van der Waals surface area contributed by atoms with Crippen LogP contribution in [0.5, 0.6) is 0 Å². The summed E-state index contributed by atoms with van der Waals surface area (Å²) in [5, 5.41) is 66.2. The molecule has 8 aliphatic rings. The van der Waals surface area contributed by atoms with Crippen LogP contribution in [-0.2, 0) is 9.59 Å². The van der Waals surface area contributed by atoms with E-state index in [1.165, 1.54) is 51.4 Å². The van der Waals surface area contributed by atoms with Gasteiger partial charge in [-0.2, -0.15) is 0 Å². The quantitative estimate of drug-likeness (QED) is 0.168. The van der Waals surface area contributed by atoms with Crippen LogP contribution in [0.2, 0.25) is 0 Å². The fourth-order valence-corrected chi connectivity index (χ4v) is 19.0. The van der Waals surface area contributed by atoms with Crippen molar-refractivity contribution in [2.24, 2.45) is 105 Å². The predicted molar refractivity (Wildman–Crippen MR) is 236 cm³/mol. The van der Waals surface area contributed by atoms with Crippen molar-refractivity contribution in [1.82, 2.24) is 0 Å². The largest absolute Gasteiger partial charge is 2.00 e. The Morgan fingerprint density at radius 3 is 1.18 bits per heavy atom. The fraction of sp³-hybridized carbons (Fsp3) is 0.962. The van der Waals surface area contributed by atoms with Crippen LogP contribution in [0.1, 0.15) is 184 Å². The van der Waals surface area contributed by atoms with Crippen molar-refractivity contribution in [2.45, 2.75) is 208 Å². The predicted octanol–water partition coefficient (Wildman–Crippen LogP) is 7.18. The summed E-state index contributed by atoms with van der Waals surface area (Å²) in [6.45, 7) is 18.8. The van der Waals surface area contributed by atoms with Gasteiger partial charge >= 0.3 is 23.1 Å². The van der Waals surface area contributed by atoms with E-state index >= 15 is 0 Å². The Kier molecular flexibility index (Phi) is 15.6. The summed E-state index contributed by atoms with van der Waals surface area (Å²) in [7, 11) is 0. The number of aliphatic hydroxyl groups is 4. The van der Waals surface area contributed by atoms with Crippen molar-refractivity contribution >= 4 is 35.0 Å². The molecule has 0 saturated heterocycles. The molecule has 9 heteroatoms. The molecule has 8 aliphatic carbocycles. The first kappa shape index (κ1) is 50.0. The molecular weight excluding hydrogens is 777 g/mol. The van der Waals surface area contributed by atoms with Crippen molar-refractivity contribution in [2.75, 3.05) is 0 Å². The van der Waals surface area contributed by atoms with Crippen LogP contribution < -0.4 is 10.2 Å². The molecule has 8 rings (SSSR count). The second-order valence-electron chi connectivity index (χ2n) is 24.0. The molecule has 0 radical (unpaired) electrons. The van der Waals surface area contributed by atoms with Crippen molar-refractivity contribution in [3.63, 3.8) is 0 Å². The van der Waals surface area contributed by atoms with E-state index in [1.807, 2.05) is 0 Å². The third-order valence-corrected chi connectivity index (χ3v) is 21.9. The molecule has 0 aliphatic heterocycles. The third kappa shape index (κ3) is 8.59. The molecule has 8 saturated carbocycles. The van der Waals surface area contributed by atoms with Crippen molar-refractivity contribution in [3.05, 3.63) is 0 Å². The Labute approximate surface area is 386 Å². The number of hydrogen-bond donors (Lipinski definition) is 4. The number of aliphatic hydroxyl groups excluding tert-OH is 4. The van der Waals surface area contributed by atoms with E-state index in [9.17, 15) is 40.2 Å². The number of fused-ring (bicyclic) bond motifs is 10. The molecule has 0 aromatic heterocycles. The summed E-state index contributed by atoms with van der Waals surface area (Å²) < 4.78 is 0. The second-order valence-corrected chi connectivity index (χ2v) is 24.0. The molecule has 0 spiro atoms. The summed E-state index contributed by atoms with van der Waals surface area (Å²) in [4.78, 5) is 22.0. The minimum Gasteiger partial charge on any atom is -0.550 e. The number of carbonyl (C=O) groups is 2. The molecule has 22 atom stereocenters. The molecule has 0 heterocycles. The molecule has 0 unspecified atom stereocenters. The number of rotatable bonds is 10. The van der Waals surface area contributed by atoms with Gasteiger partial charge in [0.15, 0.2) is 0 Å². The maximum absolute atomic E-state index is 11.7. The van der Waals surface area contributed by atoms with Crippen LogP contribution in [-0.4, -0.2) is 79.8 Å². The maximum atomic E-state index is 11.7. The van der Waals surface area contributed by atoms with Crippen LogP contribution in [0.15, 0.2) is 0 Å². The summed E-state index contributed by atoms with van der Waals surface area (Å²) in [5.74, 6) is 4.41. The van der Waals surface area contributed by atoms with Gasteiger partial charge in [-0.25, -0.2) is 0 Å². The van der Waals surface area contributed by atoms with E-state index in [4.69, 9.17) is 0 Å². The first-order valence-electron chi connectivity index (χ1n) is 25.4. The Morgan fingerprint density at radius 2 is 0.852 bits per heavy atom. The van der Waals surface area contributed by atoms with Gasteiger partial charge in [-0.15, -0.1) is 0 Å². The first-order valence-corrected chi connectivity index (χ1v) is 25.4. The topological polar surface area (TPSA) is 161 Å². The Balaban J connectivity index is 0.000000201. The van der Waals surface area contributed by atoms with Crippen molar-refractivity contribution < 1.29 is 40.2 Å². The summed E-state index contributed by atoms with van der Waals surface area (Å²) in [6, 6.07) is 0. The number of carboxylic acid groups (broad SMARTS) is 2. The molecule has 8 fully saturated rings. The monoisotopic (exact) mass is 863 g/mol. The molecule has 8 nitrogen and oxygen atoms in total. The smallest absolute Gasteiger partial charge is 0.550 e. The van der Waals surface area contributed by atoms with E-state index in [0.29, 0.717) is 95.7 Å². The number of carboxylic acids is 2. The van der Waals surface area contributed by atoms with Gasteiger partial charge in [0, 0.05) is 11.9 Å². The van der Waals surface area contributed by atoms with Crippen LogP contribution in [0.4, 0.5) is 0 Å². The van der Waals surface area contributed by atoms with Gasteiger partial charge in [-0.05, 0) is 220 Å². The minimum absolute atomic E-state index is 0. The van der Waals surface area contributed by atoms with Gasteiger partial charge in [0.05, 0.1) is 24.4 Å². The van der Waals surface area contributed by atoms with E-state index in [1.54, 1.807) is 0 Å². The maximum Gasteiger partial charge on any atom is 2.00 e. The van der Waals surface area contributed by atoms with E-state index in [2.05, 4.69) is 55.4 Å². The second kappa shape index (κ2) is 19.0. The van der Waals surface area contributed by atoms with E-state index in [-0.39, 0.29) is 82.0 Å². The van der Waals surface area contributed by atoms with Gasteiger partial charge in [0.1, 0.15) is 0 Å². The molecule has 4 N–H and O–H groups in total. The van der Waals surface area contributed by atoms with Crippen molar-refractivity contribution in [1.29, 1.82) is 0 Å². The Hall–Kier alpha value is -0.454. The zero-order valence-electron chi connectivity index (χ0n) is 39.7. The number of carbonyl (C=O) groups excluding carboxylic acids is 2. The van der Waals surface area contributed by atoms with E-state index in [0.717, 1.165) is 51.4 Å².